The molecule has 0 bridgehead atoms. The van der Waals surface area contributed by atoms with Crippen molar-refractivity contribution in [3.05, 3.63) is 35.4 Å². The first-order chi connectivity index (χ1) is 13.7. The molecule has 1 aliphatic rings. The number of nitrogens with two attached hydrogens (primary N) is 1. The molecule has 1 aromatic carbocycles. The summed E-state index contributed by atoms with van der Waals surface area (Å²) in [5.74, 6) is 0.796. The van der Waals surface area contributed by atoms with Crippen molar-refractivity contribution in [3.8, 4) is 0 Å². The predicted molar refractivity (Wildman–Crippen MR) is 117 cm³/mol. The number of amides is 2. The van der Waals surface area contributed by atoms with Crippen molar-refractivity contribution in [2.45, 2.75) is 84.8 Å². The molecule has 1 aliphatic heterocycles. The maximum atomic E-state index is 12.0. The molecule has 0 saturated heterocycles. The molecule has 0 saturated carbocycles. The maximum absolute atomic E-state index is 12.0. The fourth-order valence-electron chi connectivity index (χ4n) is 3.86. The maximum Gasteiger partial charge on any atom is 0.315 e. The third-order valence-electron chi connectivity index (χ3n) is 5.49. The number of rotatable bonds is 9. The summed E-state index contributed by atoms with van der Waals surface area (Å²) in [6.45, 7) is 11.3. The molecule has 0 aliphatic carbocycles. The van der Waals surface area contributed by atoms with Gasteiger partial charge in [0.25, 0.3) is 0 Å². The molecule has 2 atom stereocenters. The highest BCUT2D eigenvalue weighted by Gasteiger charge is 2.43. The lowest BCUT2D eigenvalue weighted by molar-refractivity contribution is 0.000219. The van der Waals surface area contributed by atoms with E-state index in [1.165, 1.54) is 0 Å². The van der Waals surface area contributed by atoms with Crippen LogP contribution in [-0.4, -0.2) is 39.8 Å². The Morgan fingerprint density at radius 2 is 1.83 bits per heavy atom. The molecular formula is C22H37N5O2. The third-order valence-corrected chi connectivity index (χ3v) is 5.49. The van der Waals surface area contributed by atoms with Gasteiger partial charge in [-0.3, -0.25) is 0 Å². The van der Waals surface area contributed by atoms with Crippen molar-refractivity contribution >= 4 is 12.0 Å². The van der Waals surface area contributed by atoms with Crippen molar-refractivity contribution in [2.75, 3.05) is 0 Å². The van der Waals surface area contributed by atoms with Gasteiger partial charge in [-0.1, -0.05) is 52.0 Å². The van der Waals surface area contributed by atoms with Crippen LogP contribution >= 0.6 is 0 Å². The topological polar surface area (TPSA) is 103 Å². The van der Waals surface area contributed by atoms with Crippen LogP contribution in [0.15, 0.2) is 29.3 Å². The quantitative estimate of drug-likeness (QED) is 0.509. The fraction of sp³-hybridized carbons (Fsp3) is 0.636. The van der Waals surface area contributed by atoms with Gasteiger partial charge in [-0.25, -0.2) is 9.79 Å². The smallest absolute Gasteiger partial charge is 0.315 e. The number of guanidine groups is 1. The van der Waals surface area contributed by atoms with Crippen LogP contribution in [-0.2, 0) is 13.1 Å². The van der Waals surface area contributed by atoms with E-state index in [9.17, 15) is 9.90 Å². The van der Waals surface area contributed by atoms with Crippen molar-refractivity contribution in [1.82, 2.24) is 15.5 Å². The van der Waals surface area contributed by atoms with Gasteiger partial charge in [0.1, 0.15) is 5.54 Å². The molecule has 0 aromatic heterocycles. The largest absolute Gasteiger partial charge is 0.371 e. The molecule has 2 amide bonds. The summed E-state index contributed by atoms with van der Waals surface area (Å²) in [6.07, 6.45) is 1.88. The molecule has 29 heavy (non-hydrogen) atoms. The molecule has 7 nitrogen and oxygen atoms in total. The van der Waals surface area contributed by atoms with Crippen molar-refractivity contribution in [3.63, 3.8) is 0 Å². The normalized spacial score (nSPS) is 21.6. The number of nitrogens with one attached hydrogen (secondary N) is 2. The van der Waals surface area contributed by atoms with E-state index in [0.29, 0.717) is 25.0 Å². The van der Waals surface area contributed by atoms with E-state index in [-0.39, 0.29) is 12.1 Å². The molecule has 1 aromatic rings. The third kappa shape index (κ3) is 6.10. The molecule has 5 N–H and O–H groups in total. The number of hydrogen-bond acceptors (Lipinski definition) is 5. The lowest BCUT2D eigenvalue weighted by Gasteiger charge is -2.32. The highest BCUT2D eigenvalue weighted by Crippen LogP contribution is 2.32. The Bertz CT molecular complexity index is 700. The number of urea groups is 1. The molecule has 2 unspecified atom stereocenters. The molecule has 7 heteroatoms. The lowest BCUT2D eigenvalue weighted by Crippen LogP contribution is -2.47. The van der Waals surface area contributed by atoms with Gasteiger partial charge in [0.05, 0.1) is 0 Å². The Hall–Kier alpha value is -2.28. The second-order valence-corrected chi connectivity index (χ2v) is 8.58. The first-order valence-electron chi connectivity index (χ1n) is 10.6. The number of aliphatic imine (C=N–C) groups is 1. The monoisotopic (exact) mass is 403 g/mol. The van der Waals surface area contributed by atoms with Gasteiger partial charge in [-0.05, 0) is 43.2 Å². The molecular weight excluding hydrogens is 366 g/mol. The van der Waals surface area contributed by atoms with Crippen molar-refractivity contribution in [2.24, 2.45) is 16.6 Å². The zero-order chi connectivity index (χ0) is 21.6. The van der Waals surface area contributed by atoms with Crippen LogP contribution < -0.4 is 16.4 Å². The van der Waals surface area contributed by atoms with Crippen LogP contribution in [0.25, 0.3) is 0 Å². The second-order valence-electron chi connectivity index (χ2n) is 8.58. The fourth-order valence-corrected chi connectivity index (χ4v) is 3.86. The van der Waals surface area contributed by atoms with E-state index in [1.54, 1.807) is 4.90 Å². The van der Waals surface area contributed by atoms with Crippen LogP contribution in [0, 0.1) is 5.92 Å². The summed E-state index contributed by atoms with van der Waals surface area (Å²) in [6, 6.07) is 8.02. The van der Waals surface area contributed by atoms with Gasteiger partial charge in [0.15, 0.2) is 12.2 Å². The van der Waals surface area contributed by atoms with E-state index in [4.69, 9.17) is 5.73 Å². The van der Waals surface area contributed by atoms with Crippen molar-refractivity contribution in [1.29, 1.82) is 0 Å². The number of benzene rings is 1. The highest BCUT2D eigenvalue weighted by atomic mass is 16.3. The van der Waals surface area contributed by atoms with E-state index in [2.05, 4.69) is 43.3 Å². The zero-order valence-electron chi connectivity index (χ0n) is 18.4. The average molecular weight is 404 g/mol. The number of aliphatic hydroxyl groups excluding tert-OH is 1. The highest BCUT2D eigenvalue weighted by molar-refractivity contribution is 5.81. The minimum absolute atomic E-state index is 0.142. The molecule has 0 fully saturated rings. The summed E-state index contributed by atoms with van der Waals surface area (Å²) in [5.41, 5.74) is 7.57. The molecule has 2 rings (SSSR count). The predicted octanol–water partition coefficient (Wildman–Crippen LogP) is 2.93. The number of hydrogen-bond donors (Lipinski definition) is 4. The standard InChI is InChI=1S/C22H37N5O2/c1-6-18(7-2)25-21(29)24-13-16-8-10-17(11-9-16)14-27-19(28)22(5,12-15(3)4)26-20(27)23/h8-11,15,18-19,28H,6-7,12-14H2,1-5H3,(H2,23,26)(H2,24,25,29). The van der Waals surface area contributed by atoms with Crippen LogP contribution in [0.4, 0.5) is 4.79 Å². The summed E-state index contributed by atoms with van der Waals surface area (Å²) < 4.78 is 0. The van der Waals surface area contributed by atoms with Gasteiger partial charge in [0.2, 0.25) is 0 Å². The Balaban J connectivity index is 1.91. The van der Waals surface area contributed by atoms with E-state index in [0.717, 1.165) is 30.4 Å². The van der Waals surface area contributed by atoms with Crippen LogP contribution in [0.3, 0.4) is 0 Å². The van der Waals surface area contributed by atoms with Gasteiger partial charge in [-0.2, -0.15) is 0 Å². The van der Waals surface area contributed by atoms with Gasteiger partial charge in [0, 0.05) is 19.1 Å². The van der Waals surface area contributed by atoms with Crippen LogP contribution in [0.2, 0.25) is 0 Å². The summed E-state index contributed by atoms with van der Waals surface area (Å²) in [7, 11) is 0. The first kappa shape index (κ1) is 23.0. The Kier molecular flexibility index (Phi) is 7.90. The van der Waals surface area contributed by atoms with Crippen LogP contribution in [0.5, 0.6) is 0 Å². The van der Waals surface area contributed by atoms with Gasteiger partial charge in [-0.15, -0.1) is 0 Å². The Morgan fingerprint density at radius 1 is 1.24 bits per heavy atom. The van der Waals surface area contributed by atoms with Crippen molar-refractivity contribution < 1.29 is 9.90 Å². The molecule has 0 radical (unpaired) electrons. The number of aliphatic hydroxyl groups is 1. The van der Waals surface area contributed by atoms with E-state index >= 15 is 0 Å². The van der Waals surface area contributed by atoms with E-state index < -0.39 is 11.8 Å². The number of nitrogens with zero attached hydrogens (tertiary/aromatic N) is 2. The SMILES string of the molecule is CCC(CC)NC(=O)NCc1ccc(CN2C(N)=NC(C)(CC(C)C)C2O)cc1. The first-order valence-corrected chi connectivity index (χ1v) is 10.6. The average Bonchev–Trinajstić information content (AvgIpc) is 2.87. The summed E-state index contributed by atoms with van der Waals surface area (Å²) in [5, 5.41) is 16.6. The Labute approximate surface area is 174 Å². The molecule has 1 heterocycles. The molecule has 0 spiro atoms. The number of carbonyl (C=O) groups is 1. The molecule has 162 valence electrons. The lowest BCUT2D eigenvalue weighted by atomic mass is 9.90. The minimum Gasteiger partial charge on any atom is -0.371 e. The van der Waals surface area contributed by atoms with E-state index in [1.807, 2.05) is 31.2 Å². The minimum atomic E-state index is -0.736. The van der Waals surface area contributed by atoms with Crippen LogP contribution in [0.1, 0.15) is 65.0 Å². The zero-order valence-corrected chi connectivity index (χ0v) is 18.4. The Morgan fingerprint density at radius 3 is 2.38 bits per heavy atom. The second kappa shape index (κ2) is 9.96. The summed E-state index contributed by atoms with van der Waals surface area (Å²) in [4.78, 5) is 18.3. The number of carbonyl (C=O) groups excluding carboxylic acids is 1. The summed E-state index contributed by atoms with van der Waals surface area (Å²) >= 11 is 0. The van der Waals surface area contributed by atoms with Gasteiger partial charge < -0.3 is 26.4 Å². The van der Waals surface area contributed by atoms with Gasteiger partial charge >= 0.3 is 6.03 Å².